The summed E-state index contributed by atoms with van der Waals surface area (Å²) in [4.78, 5) is 12.1. The fraction of sp³-hybridized carbons (Fsp3) is 0.562. The van der Waals surface area contributed by atoms with Crippen LogP contribution in [0.25, 0.3) is 0 Å². The van der Waals surface area contributed by atoms with E-state index in [9.17, 15) is 4.79 Å². The summed E-state index contributed by atoms with van der Waals surface area (Å²) < 4.78 is 0. The lowest BCUT2D eigenvalue weighted by molar-refractivity contribution is -0.124. The number of halogens is 2. The zero-order valence-corrected chi connectivity index (χ0v) is 14.4. The summed E-state index contributed by atoms with van der Waals surface area (Å²) in [5.41, 5.74) is 7.01. The summed E-state index contributed by atoms with van der Waals surface area (Å²) in [6.45, 7) is 6.55. The number of rotatable bonds is 4. The molecule has 118 valence electrons. The van der Waals surface area contributed by atoms with E-state index in [1.165, 1.54) is 5.56 Å². The molecule has 0 saturated heterocycles. The van der Waals surface area contributed by atoms with Gasteiger partial charge in [0.15, 0.2) is 0 Å². The molecule has 0 spiro atoms. The number of carbonyl (C=O) groups excluding carboxylic acids is 1. The Morgan fingerprint density at radius 2 is 2.05 bits per heavy atom. The molecule has 0 heterocycles. The maximum Gasteiger partial charge on any atom is 0.237 e. The van der Waals surface area contributed by atoms with Crippen LogP contribution in [0.15, 0.2) is 24.3 Å². The fourth-order valence-corrected chi connectivity index (χ4v) is 2.49. The monoisotopic (exact) mass is 330 g/mol. The third-order valence-electron chi connectivity index (χ3n) is 4.11. The number of amides is 1. The van der Waals surface area contributed by atoms with Crippen molar-refractivity contribution in [3.05, 3.63) is 34.9 Å². The minimum absolute atomic E-state index is 0. The summed E-state index contributed by atoms with van der Waals surface area (Å²) >= 11 is 6.04. The lowest BCUT2D eigenvalue weighted by atomic mass is 9.86. The summed E-state index contributed by atoms with van der Waals surface area (Å²) in [6.07, 6.45) is 2.16. The molecule has 3 N–H and O–H groups in total. The smallest absolute Gasteiger partial charge is 0.237 e. The van der Waals surface area contributed by atoms with E-state index in [2.05, 4.69) is 11.4 Å². The van der Waals surface area contributed by atoms with E-state index >= 15 is 0 Å². The van der Waals surface area contributed by atoms with Crippen molar-refractivity contribution in [2.24, 2.45) is 11.1 Å². The van der Waals surface area contributed by atoms with Gasteiger partial charge < -0.3 is 11.1 Å². The lowest BCUT2D eigenvalue weighted by Gasteiger charge is -2.27. The molecule has 1 saturated carbocycles. The van der Waals surface area contributed by atoms with Gasteiger partial charge in [0.05, 0.1) is 6.04 Å². The van der Waals surface area contributed by atoms with Crippen molar-refractivity contribution < 1.29 is 4.79 Å². The lowest BCUT2D eigenvalue weighted by Crippen LogP contribution is -2.50. The predicted molar refractivity (Wildman–Crippen MR) is 90.1 cm³/mol. The Hall–Kier alpha value is -0.770. The normalized spacial score (nSPS) is 17.6. The van der Waals surface area contributed by atoms with Crippen LogP contribution < -0.4 is 11.1 Å². The van der Waals surface area contributed by atoms with Gasteiger partial charge in [0, 0.05) is 17.0 Å². The molecule has 0 radical (unpaired) electrons. The number of carbonyl (C=O) groups is 1. The summed E-state index contributed by atoms with van der Waals surface area (Å²) in [6, 6.07) is 7.41. The van der Waals surface area contributed by atoms with Crippen LogP contribution in [-0.2, 0) is 10.2 Å². The van der Waals surface area contributed by atoms with E-state index in [1.807, 2.05) is 39.0 Å². The SMILES string of the molecule is CC(C)(C)[C@H](N)C(=O)NCC1(c2cccc(Cl)c2)CC1.Cl. The molecule has 1 aromatic rings. The van der Waals surface area contributed by atoms with Gasteiger partial charge in [-0.05, 0) is 36.0 Å². The zero-order chi connectivity index (χ0) is 15.0. The van der Waals surface area contributed by atoms with Crippen LogP contribution in [-0.4, -0.2) is 18.5 Å². The van der Waals surface area contributed by atoms with Crippen LogP contribution in [0.1, 0.15) is 39.2 Å². The second-order valence-corrected chi connectivity index (χ2v) is 7.29. The molecule has 5 heteroatoms. The Balaban J connectivity index is 0.00000220. The van der Waals surface area contributed by atoms with Crippen LogP contribution in [0.3, 0.4) is 0 Å². The quantitative estimate of drug-likeness (QED) is 0.890. The van der Waals surface area contributed by atoms with Gasteiger partial charge in [0.25, 0.3) is 0 Å². The number of nitrogens with two attached hydrogens (primary N) is 1. The summed E-state index contributed by atoms with van der Waals surface area (Å²) in [5, 5.41) is 3.74. The highest BCUT2D eigenvalue weighted by molar-refractivity contribution is 6.30. The predicted octanol–water partition coefficient (Wildman–Crippen LogP) is 3.28. The molecule has 0 aromatic heterocycles. The molecule has 1 aliphatic rings. The minimum atomic E-state index is -0.488. The van der Waals surface area contributed by atoms with E-state index in [-0.39, 0.29) is 29.1 Å². The van der Waals surface area contributed by atoms with Crippen molar-refractivity contribution in [2.45, 2.75) is 45.1 Å². The standard InChI is InChI=1S/C16H23ClN2O.ClH/c1-15(2,3)13(18)14(20)19-10-16(7-8-16)11-5-4-6-12(17)9-11;/h4-6,9,13H,7-8,10,18H2,1-3H3,(H,19,20);1H/t13-;/m1./s1. The highest BCUT2D eigenvalue weighted by Crippen LogP contribution is 2.48. The van der Waals surface area contributed by atoms with Crippen LogP contribution in [0.5, 0.6) is 0 Å². The fourth-order valence-electron chi connectivity index (χ4n) is 2.30. The van der Waals surface area contributed by atoms with Crippen molar-refractivity contribution in [1.29, 1.82) is 0 Å². The number of hydrogen-bond donors (Lipinski definition) is 2. The van der Waals surface area contributed by atoms with Crippen molar-refractivity contribution in [3.8, 4) is 0 Å². The number of nitrogens with one attached hydrogen (secondary N) is 1. The molecule has 2 rings (SSSR count). The molecule has 1 amide bonds. The molecule has 1 fully saturated rings. The molecule has 0 aliphatic heterocycles. The molecule has 1 aliphatic carbocycles. The van der Waals surface area contributed by atoms with Crippen molar-refractivity contribution in [2.75, 3.05) is 6.54 Å². The average Bonchev–Trinajstić information content (AvgIpc) is 3.15. The molecule has 3 nitrogen and oxygen atoms in total. The first-order chi connectivity index (χ1) is 9.24. The molecular weight excluding hydrogens is 307 g/mol. The van der Waals surface area contributed by atoms with E-state index in [0.717, 1.165) is 17.9 Å². The third-order valence-corrected chi connectivity index (χ3v) is 4.34. The maximum absolute atomic E-state index is 12.1. The molecule has 1 aromatic carbocycles. The molecule has 1 atom stereocenters. The van der Waals surface area contributed by atoms with Crippen molar-refractivity contribution >= 4 is 29.9 Å². The molecular formula is C16H24Cl2N2O. The van der Waals surface area contributed by atoms with Gasteiger partial charge in [0.1, 0.15) is 0 Å². The number of hydrogen-bond acceptors (Lipinski definition) is 2. The summed E-state index contributed by atoms with van der Waals surface area (Å²) in [7, 11) is 0. The largest absolute Gasteiger partial charge is 0.354 e. The topological polar surface area (TPSA) is 55.1 Å². The second kappa shape index (κ2) is 6.55. The molecule has 21 heavy (non-hydrogen) atoms. The van der Waals surface area contributed by atoms with E-state index in [0.29, 0.717) is 6.54 Å². The van der Waals surface area contributed by atoms with Crippen LogP contribution in [0, 0.1) is 5.41 Å². The zero-order valence-electron chi connectivity index (χ0n) is 12.8. The van der Waals surface area contributed by atoms with E-state index in [1.54, 1.807) is 0 Å². The first-order valence-electron chi connectivity index (χ1n) is 7.04. The van der Waals surface area contributed by atoms with Gasteiger partial charge in [-0.25, -0.2) is 0 Å². The first-order valence-corrected chi connectivity index (χ1v) is 7.42. The Morgan fingerprint density at radius 1 is 1.43 bits per heavy atom. The Morgan fingerprint density at radius 3 is 2.52 bits per heavy atom. The Bertz CT molecular complexity index is 507. The van der Waals surface area contributed by atoms with Gasteiger partial charge in [0.2, 0.25) is 5.91 Å². The second-order valence-electron chi connectivity index (χ2n) is 6.85. The minimum Gasteiger partial charge on any atom is -0.354 e. The highest BCUT2D eigenvalue weighted by Gasteiger charge is 2.44. The van der Waals surface area contributed by atoms with Gasteiger partial charge in [-0.2, -0.15) is 0 Å². The van der Waals surface area contributed by atoms with Crippen LogP contribution >= 0.6 is 24.0 Å². The Labute approximate surface area is 138 Å². The van der Waals surface area contributed by atoms with E-state index < -0.39 is 6.04 Å². The maximum atomic E-state index is 12.1. The Kier molecular flexibility index (Phi) is 5.70. The first kappa shape index (κ1) is 18.3. The van der Waals surface area contributed by atoms with Gasteiger partial charge in [-0.15, -0.1) is 12.4 Å². The number of benzene rings is 1. The van der Waals surface area contributed by atoms with Gasteiger partial charge >= 0.3 is 0 Å². The summed E-state index contributed by atoms with van der Waals surface area (Å²) in [5.74, 6) is -0.0780. The van der Waals surface area contributed by atoms with E-state index in [4.69, 9.17) is 17.3 Å². The molecule has 0 unspecified atom stereocenters. The van der Waals surface area contributed by atoms with Gasteiger partial charge in [-0.3, -0.25) is 4.79 Å². The third kappa shape index (κ3) is 4.35. The molecule has 0 bridgehead atoms. The highest BCUT2D eigenvalue weighted by atomic mass is 35.5. The van der Waals surface area contributed by atoms with Gasteiger partial charge in [-0.1, -0.05) is 44.5 Å². The van der Waals surface area contributed by atoms with Crippen LogP contribution in [0.4, 0.5) is 0 Å². The van der Waals surface area contributed by atoms with Crippen molar-refractivity contribution in [3.63, 3.8) is 0 Å². The van der Waals surface area contributed by atoms with Crippen molar-refractivity contribution in [1.82, 2.24) is 5.32 Å². The van der Waals surface area contributed by atoms with Crippen LogP contribution in [0.2, 0.25) is 5.02 Å². The average molecular weight is 331 g/mol.